The average Bonchev–Trinajstić information content (AvgIpc) is 2.62. The van der Waals surface area contributed by atoms with Gasteiger partial charge < -0.3 is 4.74 Å². The number of nitriles is 1. The summed E-state index contributed by atoms with van der Waals surface area (Å²) in [6.45, 7) is 0.738. The zero-order chi connectivity index (χ0) is 18.8. The molecule has 1 aromatic carbocycles. The van der Waals surface area contributed by atoms with Gasteiger partial charge in [-0.25, -0.2) is 21.1 Å². The molecule has 0 N–H and O–H groups in total. The van der Waals surface area contributed by atoms with Crippen molar-refractivity contribution in [2.45, 2.75) is 37.0 Å². The minimum absolute atomic E-state index is 0.0499. The molecule has 0 saturated carbocycles. The van der Waals surface area contributed by atoms with Gasteiger partial charge in [-0.2, -0.15) is 5.26 Å². The first-order chi connectivity index (χ1) is 12.3. The van der Waals surface area contributed by atoms with E-state index >= 15 is 0 Å². The van der Waals surface area contributed by atoms with Crippen molar-refractivity contribution < 1.29 is 21.6 Å². The Bertz CT molecular complexity index is 883. The third-order valence-corrected chi connectivity index (χ3v) is 9.06. The van der Waals surface area contributed by atoms with Crippen molar-refractivity contribution in [1.29, 1.82) is 5.26 Å². The summed E-state index contributed by atoms with van der Waals surface area (Å²) in [7, 11) is -6.55. The molecule has 3 rings (SSSR count). The molecular formula is C17H22N2O5S2. The SMILES string of the molecule is N#Cc1cccc(OC2CCN(S(=O)(=O)C3CCS(=O)(=O)CC3)CC2)c1. The highest BCUT2D eigenvalue weighted by Crippen LogP contribution is 2.26. The topological polar surface area (TPSA) is 105 Å². The van der Waals surface area contributed by atoms with Gasteiger partial charge in [0.15, 0.2) is 0 Å². The van der Waals surface area contributed by atoms with Gasteiger partial charge in [-0.15, -0.1) is 0 Å². The first-order valence-electron chi connectivity index (χ1n) is 8.66. The fourth-order valence-electron chi connectivity index (χ4n) is 3.41. The fourth-order valence-corrected chi connectivity index (χ4v) is 7.18. The molecule has 7 nitrogen and oxygen atoms in total. The summed E-state index contributed by atoms with van der Waals surface area (Å²) in [5.41, 5.74) is 0.523. The molecule has 1 aromatic rings. The Morgan fingerprint density at radius 3 is 2.38 bits per heavy atom. The van der Waals surface area contributed by atoms with Gasteiger partial charge in [0.25, 0.3) is 0 Å². The van der Waals surface area contributed by atoms with Crippen molar-refractivity contribution >= 4 is 19.9 Å². The van der Waals surface area contributed by atoms with E-state index in [4.69, 9.17) is 10.00 Å². The fraction of sp³-hybridized carbons (Fsp3) is 0.588. The van der Waals surface area contributed by atoms with E-state index in [9.17, 15) is 16.8 Å². The van der Waals surface area contributed by atoms with Gasteiger partial charge in [-0.3, -0.25) is 0 Å². The summed E-state index contributed by atoms with van der Waals surface area (Å²) in [6, 6.07) is 8.98. The van der Waals surface area contributed by atoms with Crippen LogP contribution in [-0.2, 0) is 19.9 Å². The summed E-state index contributed by atoms with van der Waals surface area (Å²) in [5.74, 6) is 0.514. The summed E-state index contributed by atoms with van der Waals surface area (Å²) in [4.78, 5) is 0. The number of ether oxygens (including phenoxy) is 1. The third kappa shape index (κ3) is 4.37. The van der Waals surface area contributed by atoms with E-state index in [-0.39, 0.29) is 30.5 Å². The Labute approximate surface area is 154 Å². The molecule has 142 valence electrons. The molecule has 0 aliphatic carbocycles. The van der Waals surface area contributed by atoms with E-state index < -0.39 is 25.1 Å². The third-order valence-electron chi connectivity index (χ3n) is 4.95. The van der Waals surface area contributed by atoms with Crippen LogP contribution < -0.4 is 4.74 Å². The normalized spacial score (nSPS) is 22.6. The van der Waals surface area contributed by atoms with E-state index in [0.29, 0.717) is 37.2 Å². The van der Waals surface area contributed by atoms with E-state index in [1.165, 1.54) is 4.31 Å². The second kappa shape index (κ2) is 7.55. The summed E-state index contributed by atoms with van der Waals surface area (Å²) < 4.78 is 55.9. The van der Waals surface area contributed by atoms with Crippen molar-refractivity contribution in [2.24, 2.45) is 0 Å². The molecule has 0 amide bonds. The van der Waals surface area contributed by atoms with Crippen molar-refractivity contribution in [3.05, 3.63) is 29.8 Å². The highest BCUT2D eigenvalue weighted by Gasteiger charge is 2.38. The van der Waals surface area contributed by atoms with Gasteiger partial charge in [0.05, 0.1) is 28.4 Å². The van der Waals surface area contributed by atoms with Crippen LogP contribution in [0.3, 0.4) is 0 Å². The number of sulfone groups is 1. The van der Waals surface area contributed by atoms with Crippen LogP contribution in [-0.4, -0.2) is 57.1 Å². The molecule has 2 fully saturated rings. The van der Waals surface area contributed by atoms with Crippen LogP contribution in [0, 0.1) is 11.3 Å². The van der Waals surface area contributed by atoms with Gasteiger partial charge in [0, 0.05) is 13.1 Å². The second-order valence-electron chi connectivity index (χ2n) is 6.75. The van der Waals surface area contributed by atoms with Crippen molar-refractivity contribution in [1.82, 2.24) is 4.31 Å². The van der Waals surface area contributed by atoms with Gasteiger partial charge in [-0.1, -0.05) is 6.07 Å². The lowest BCUT2D eigenvalue weighted by Gasteiger charge is -2.34. The lowest BCUT2D eigenvalue weighted by Crippen LogP contribution is -2.47. The molecule has 0 radical (unpaired) electrons. The summed E-state index contributed by atoms with van der Waals surface area (Å²) in [5, 5.41) is 8.33. The number of rotatable bonds is 4. The molecule has 26 heavy (non-hydrogen) atoms. The molecule has 2 aliphatic rings. The van der Waals surface area contributed by atoms with E-state index in [1.807, 2.05) is 0 Å². The monoisotopic (exact) mass is 398 g/mol. The predicted molar refractivity (Wildman–Crippen MR) is 97.0 cm³/mol. The summed E-state index contributed by atoms with van der Waals surface area (Å²) >= 11 is 0. The van der Waals surface area contributed by atoms with E-state index in [1.54, 1.807) is 24.3 Å². The number of hydrogen-bond donors (Lipinski definition) is 0. The highest BCUT2D eigenvalue weighted by atomic mass is 32.2. The molecule has 0 atom stereocenters. The lowest BCUT2D eigenvalue weighted by molar-refractivity contribution is 0.134. The van der Waals surface area contributed by atoms with Crippen LogP contribution >= 0.6 is 0 Å². The maximum Gasteiger partial charge on any atom is 0.217 e. The van der Waals surface area contributed by atoms with Gasteiger partial charge in [0.1, 0.15) is 21.7 Å². The number of hydrogen-bond acceptors (Lipinski definition) is 6. The Kier molecular flexibility index (Phi) is 5.55. The zero-order valence-electron chi connectivity index (χ0n) is 14.4. The number of sulfonamides is 1. The quantitative estimate of drug-likeness (QED) is 0.757. The molecule has 0 unspecified atom stereocenters. The molecule has 0 spiro atoms. The number of piperidine rings is 1. The van der Waals surface area contributed by atoms with Crippen LogP contribution in [0.5, 0.6) is 5.75 Å². The van der Waals surface area contributed by atoms with E-state index in [0.717, 1.165) is 0 Å². The molecule has 0 bridgehead atoms. The van der Waals surface area contributed by atoms with Gasteiger partial charge in [-0.05, 0) is 43.9 Å². The highest BCUT2D eigenvalue weighted by molar-refractivity contribution is 7.92. The predicted octanol–water partition coefficient (Wildman–Crippen LogP) is 1.31. The van der Waals surface area contributed by atoms with Crippen molar-refractivity contribution in [3.63, 3.8) is 0 Å². The Hall–Kier alpha value is -1.63. The van der Waals surface area contributed by atoms with Crippen molar-refractivity contribution in [3.8, 4) is 11.8 Å². The largest absolute Gasteiger partial charge is 0.490 e. The van der Waals surface area contributed by atoms with Crippen LogP contribution in [0.15, 0.2) is 24.3 Å². The molecular weight excluding hydrogens is 376 g/mol. The number of nitrogens with zero attached hydrogens (tertiary/aromatic N) is 2. The van der Waals surface area contributed by atoms with Crippen molar-refractivity contribution in [2.75, 3.05) is 24.6 Å². The zero-order valence-corrected chi connectivity index (χ0v) is 16.0. The van der Waals surface area contributed by atoms with Gasteiger partial charge in [0.2, 0.25) is 10.0 Å². The molecule has 0 aromatic heterocycles. The molecule has 2 saturated heterocycles. The van der Waals surface area contributed by atoms with Crippen LogP contribution in [0.4, 0.5) is 0 Å². The Morgan fingerprint density at radius 2 is 1.77 bits per heavy atom. The van der Waals surface area contributed by atoms with Crippen LogP contribution in [0.2, 0.25) is 0 Å². The van der Waals surface area contributed by atoms with E-state index in [2.05, 4.69) is 6.07 Å². The van der Waals surface area contributed by atoms with Crippen LogP contribution in [0.1, 0.15) is 31.2 Å². The summed E-state index contributed by atoms with van der Waals surface area (Å²) in [6.07, 6.45) is 1.41. The molecule has 9 heteroatoms. The minimum Gasteiger partial charge on any atom is -0.490 e. The Balaban J connectivity index is 1.57. The Morgan fingerprint density at radius 1 is 1.12 bits per heavy atom. The first kappa shape index (κ1) is 19.1. The maximum atomic E-state index is 12.8. The lowest BCUT2D eigenvalue weighted by atomic mass is 10.1. The molecule has 2 heterocycles. The first-order valence-corrected chi connectivity index (χ1v) is 12.0. The minimum atomic E-state index is -3.47. The van der Waals surface area contributed by atoms with Crippen LogP contribution in [0.25, 0.3) is 0 Å². The number of benzene rings is 1. The molecule has 2 aliphatic heterocycles. The smallest absolute Gasteiger partial charge is 0.217 e. The standard InChI is InChI=1S/C17H22N2O5S2/c18-13-14-2-1-3-16(12-14)24-15-4-8-19(9-5-15)26(22,23)17-6-10-25(20,21)11-7-17/h1-3,12,15,17H,4-11H2. The second-order valence-corrected chi connectivity index (χ2v) is 11.3. The maximum absolute atomic E-state index is 12.8. The average molecular weight is 399 g/mol. The van der Waals surface area contributed by atoms with Gasteiger partial charge >= 0.3 is 0 Å².